The van der Waals surface area contributed by atoms with Gasteiger partial charge >= 0.3 is 0 Å². The van der Waals surface area contributed by atoms with Crippen LogP contribution in [-0.2, 0) is 0 Å². The van der Waals surface area contributed by atoms with E-state index in [0.29, 0.717) is 5.41 Å². The van der Waals surface area contributed by atoms with Crippen LogP contribution in [0.15, 0.2) is 23.3 Å². The monoisotopic (exact) mass is 372 g/mol. The molecule has 27 heavy (non-hydrogen) atoms. The van der Waals surface area contributed by atoms with Crippen molar-refractivity contribution in [3.05, 3.63) is 23.3 Å². The van der Waals surface area contributed by atoms with Crippen molar-refractivity contribution in [3.63, 3.8) is 0 Å². The maximum Gasteiger partial charge on any atom is 0.0577 e. The molecule has 0 radical (unpaired) electrons. The zero-order valence-corrected chi connectivity index (χ0v) is 18.5. The predicted molar refractivity (Wildman–Crippen MR) is 117 cm³/mol. The summed E-state index contributed by atoms with van der Waals surface area (Å²) in [6.45, 7) is 9.88. The average molecular weight is 373 g/mol. The Morgan fingerprint density at radius 1 is 1.04 bits per heavy atom. The molecule has 0 aromatic carbocycles. The lowest BCUT2D eigenvalue weighted by Gasteiger charge is -2.44. The van der Waals surface area contributed by atoms with Crippen molar-refractivity contribution in [2.24, 2.45) is 29.1 Å². The van der Waals surface area contributed by atoms with E-state index >= 15 is 0 Å². The van der Waals surface area contributed by atoms with Crippen LogP contribution in [0.25, 0.3) is 0 Å². The molecule has 0 heterocycles. The SMILES string of the molecule is CC(C)CCCC(C)C1CCC2/C(=C/C=C3\CCCC(O)C3)CCCC21C. The predicted octanol–water partition coefficient (Wildman–Crippen LogP) is 7.45. The Morgan fingerprint density at radius 2 is 1.85 bits per heavy atom. The number of aliphatic hydroxyl groups excluding tert-OH is 1. The molecule has 3 saturated carbocycles. The highest BCUT2D eigenvalue weighted by Crippen LogP contribution is 2.59. The van der Waals surface area contributed by atoms with Crippen molar-refractivity contribution in [2.45, 2.75) is 111 Å². The van der Waals surface area contributed by atoms with Crippen molar-refractivity contribution in [2.75, 3.05) is 0 Å². The summed E-state index contributed by atoms with van der Waals surface area (Å²) < 4.78 is 0. The lowest BCUT2D eigenvalue weighted by Crippen LogP contribution is -2.36. The molecule has 3 aliphatic carbocycles. The van der Waals surface area contributed by atoms with E-state index in [1.165, 1.54) is 63.4 Å². The van der Waals surface area contributed by atoms with E-state index in [9.17, 15) is 5.11 Å². The highest BCUT2D eigenvalue weighted by Gasteiger charge is 2.50. The number of hydrogen-bond acceptors (Lipinski definition) is 1. The topological polar surface area (TPSA) is 20.2 Å². The molecule has 0 amide bonds. The van der Waals surface area contributed by atoms with Crippen LogP contribution in [0, 0.1) is 29.1 Å². The highest BCUT2D eigenvalue weighted by molar-refractivity contribution is 5.25. The number of allylic oxidation sites excluding steroid dienone is 3. The van der Waals surface area contributed by atoms with E-state index in [-0.39, 0.29) is 6.10 Å². The third-order valence-electron chi connectivity index (χ3n) is 8.23. The fourth-order valence-corrected chi connectivity index (χ4v) is 6.71. The summed E-state index contributed by atoms with van der Waals surface area (Å²) in [4.78, 5) is 0. The van der Waals surface area contributed by atoms with Crippen LogP contribution in [-0.4, -0.2) is 11.2 Å². The van der Waals surface area contributed by atoms with Gasteiger partial charge in [0.1, 0.15) is 0 Å². The summed E-state index contributed by atoms with van der Waals surface area (Å²) in [5.74, 6) is 3.46. The first-order valence-corrected chi connectivity index (χ1v) is 12.0. The zero-order chi connectivity index (χ0) is 19.4. The van der Waals surface area contributed by atoms with E-state index in [1.807, 2.05) is 0 Å². The van der Waals surface area contributed by atoms with Crippen molar-refractivity contribution < 1.29 is 5.11 Å². The van der Waals surface area contributed by atoms with Gasteiger partial charge in [0.25, 0.3) is 0 Å². The standard InChI is InChI=1S/C26H44O/c1-19(2)8-5-9-20(3)24-15-16-25-22(11-7-17-26(24,25)4)14-13-21-10-6-12-23(27)18-21/h13-14,19-20,23-25,27H,5-12,15-18H2,1-4H3/b21-13+,22-14+. The molecule has 0 saturated heterocycles. The van der Waals surface area contributed by atoms with E-state index in [0.717, 1.165) is 42.9 Å². The summed E-state index contributed by atoms with van der Waals surface area (Å²) in [5.41, 5.74) is 3.74. The van der Waals surface area contributed by atoms with Gasteiger partial charge in [0.15, 0.2) is 0 Å². The third kappa shape index (κ3) is 5.08. The molecule has 0 bridgehead atoms. The second-order valence-corrected chi connectivity index (χ2v) is 10.7. The van der Waals surface area contributed by atoms with Gasteiger partial charge < -0.3 is 5.11 Å². The maximum absolute atomic E-state index is 9.95. The van der Waals surface area contributed by atoms with Gasteiger partial charge in [-0.3, -0.25) is 0 Å². The molecule has 154 valence electrons. The van der Waals surface area contributed by atoms with E-state index in [2.05, 4.69) is 39.8 Å². The number of rotatable bonds is 6. The minimum Gasteiger partial charge on any atom is -0.393 e. The Hall–Kier alpha value is -0.560. The Morgan fingerprint density at radius 3 is 2.59 bits per heavy atom. The minimum atomic E-state index is -0.0948. The Labute approximate surface area is 168 Å². The van der Waals surface area contributed by atoms with Gasteiger partial charge in [0.05, 0.1) is 6.10 Å². The highest BCUT2D eigenvalue weighted by atomic mass is 16.3. The molecule has 0 aliphatic heterocycles. The molecule has 3 rings (SSSR count). The summed E-state index contributed by atoms with van der Waals surface area (Å²) in [6.07, 6.45) is 20.2. The largest absolute Gasteiger partial charge is 0.393 e. The van der Waals surface area contributed by atoms with Crippen LogP contribution in [0.5, 0.6) is 0 Å². The fraction of sp³-hybridized carbons (Fsp3) is 0.846. The number of fused-ring (bicyclic) bond motifs is 1. The van der Waals surface area contributed by atoms with Crippen LogP contribution >= 0.6 is 0 Å². The Balaban J connectivity index is 1.66. The lowest BCUT2D eigenvalue weighted by molar-refractivity contribution is 0.0928. The molecule has 0 aromatic heterocycles. The molecule has 5 unspecified atom stereocenters. The van der Waals surface area contributed by atoms with Gasteiger partial charge in [-0.25, -0.2) is 0 Å². The maximum atomic E-state index is 9.95. The molecule has 3 fully saturated rings. The van der Waals surface area contributed by atoms with Gasteiger partial charge in [-0.2, -0.15) is 0 Å². The van der Waals surface area contributed by atoms with Gasteiger partial charge in [-0.05, 0) is 86.9 Å². The molecule has 3 aliphatic rings. The third-order valence-corrected chi connectivity index (χ3v) is 8.23. The smallest absolute Gasteiger partial charge is 0.0577 e. The molecule has 1 N–H and O–H groups in total. The molecule has 0 aromatic rings. The van der Waals surface area contributed by atoms with Crippen LogP contribution in [0.3, 0.4) is 0 Å². The van der Waals surface area contributed by atoms with E-state index < -0.39 is 0 Å². The lowest BCUT2D eigenvalue weighted by atomic mass is 9.60. The van der Waals surface area contributed by atoms with Gasteiger partial charge in [-0.15, -0.1) is 0 Å². The van der Waals surface area contributed by atoms with Crippen molar-refractivity contribution in [1.29, 1.82) is 0 Å². The number of aliphatic hydroxyl groups is 1. The van der Waals surface area contributed by atoms with Crippen LogP contribution < -0.4 is 0 Å². The first-order chi connectivity index (χ1) is 12.9. The molecular weight excluding hydrogens is 328 g/mol. The molecule has 1 heteroatoms. The van der Waals surface area contributed by atoms with Crippen molar-refractivity contribution >= 4 is 0 Å². The van der Waals surface area contributed by atoms with Crippen molar-refractivity contribution in [1.82, 2.24) is 0 Å². The molecular formula is C26H44O. The summed E-state index contributed by atoms with van der Waals surface area (Å²) in [5, 5.41) is 9.95. The Kier molecular flexibility index (Phi) is 7.28. The van der Waals surface area contributed by atoms with E-state index in [1.54, 1.807) is 5.57 Å². The minimum absolute atomic E-state index is 0.0948. The summed E-state index contributed by atoms with van der Waals surface area (Å²) in [6, 6.07) is 0. The Bertz CT molecular complexity index is 542. The van der Waals surface area contributed by atoms with E-state index in [4.69, 9.17) is 0 Å². The van der Waals surface area contributed by atoms with Crippen LogP contribution in [0.4, 0.5) is 0 Å². The summed E-state index contributed by atoms with van der Waals surface area (Å²) >= 11 is 0. The fourth-order valence-electron chi connectivity index (χ4n) is 6.71. The molecule has 1 nitrogen and oxygen atoms in total. The normalized spacial score (nSPS) is 38.5. The second kappa shape index (κ2) is 9.29. The second-order valence-electron chi connectivity index (χ2n) is 10.7. The first-order valence-electron chi connectivity index (χ1n) is 12.0. The number of hydrogen-bond donors (Lipinski definition) is 1. The van der Waals surface area contributed by atoms with Gasteiger partial charge in [0, 0.05) is 0 Å². The first kappa shape index (κ1) is 21.2. The van der Waals surface area contributed by atoms with Gasteiger partial charge in [-0.1, -0.05) is 70.3 Å². The quantitative estimate of drug-likeness (QED) is 0.513. The molecule has 5 atom stereocenters. The van der Waals surface area contributed by atoms with Gasteiger partial charge in [0.2, 0.25) is 0 Å². The van der Waals surface area contributed by atoms with Crippen molar-refractivity contribution in [3.8, 4) is 0 Å². The summed E-state index contributed by atoms with van der Waals surface area (Å²) in [7, 11) is 0. The van der Waals surface area contributed by atoms with Crippen LogP contribution in [0.1, 0.15) is 105 Å². The molecule has 0 spiro atoms. The van der Waals surface area contributed by atoms with Crippen LogP contribution in [0.2, 0.25) is 0 Å². The zero-order valence-electron chi connectivity index (χ0n) is 18.5. The average Bonchev–Trinajstić information content (AvgIpc) is 2.97.